The van der Waals surface area contributed by atoms with Gasteiger partial charge in [0.05, 0.1) is 24.3 Å². The van der Waals surface area contributed by atoms with E-state index in [9.17, 15) is 35.9 Å². The third-order valence-electron chi connectivity index (χ3n) is 6.96. The second kappa shape index (κ2) is 8.49. The monoisotopic (exact) mass is 559 g/mol. The minimum absolute atomic E-state index is 0.0421. The van der Waals surface area contributed by atoms with Crippen LogP contribution in [0.25, 0.3) is 22.6 Å². The Hall–Kier alpha value is -4.02. The molecule has 3 aromatic heterocycles. The van der Waals surface area contributed by atoms with E-state index in [4.69, 9.17) is 15.2 Å². The fraction of sp³-hybridized carbons (Fsp3) is 0.455. The van der Waals surface area contributed by atoms with Gasteiger partial charge in [0.15, 0.2) is 17.1 Å². The van der Waals surface area contributed by atoms with Crippen LogP contribution in [0.2, 0.25) is 0 Å². The van der Waals surface area contributed by atoms with E-state index < -0.39 is 53.8 Å². The maximum Gasteiger partial charge on any atom is 0.453 e. The van der Waals surface area contributed by atoms with Crippen LogP contribution in [0.4, 0.5) is 38.0 Å². The molecule has 1 amide bonds. The number of pyridine rings is 1. The van der Waals surface area contributed by atoms with Crippen LogP contribution < -0.4 is 11.1 Å². The summed E-state index contributed by atoms with van der Waals surface area (Å²) in [7, 11) is 2.35. The molecule has 0 aromatic carbocycles. The predicted molar refractivity (Wildman–Crippen MR) is 120 cm³/mol. The largest absolute Gasteiger partial charge is 0.468 e. The molecule has 1 unspecified atom stereocenters. The molecule has 17 heteroatoms. The minimum atomic E-state index is -5.79. The Morgan fingerprint density at radius 2 is 1.90 bits per heavy atom. The number of methoxy groups -OCH3 is 2. The molecule has 0 saturated heterocycles. The van der Waals surface area contributed by atoms with Gasteiger partial charge in [0.1, 0.15) is 28.6 Å². The molecule has 0 bridgehead atoms. The Morgan fingerprint density at radius 1 is 1.21 bits per heavy atom. The quantitative estimate of drug-likeness (QED) is 0.329. The Labute approximate surface area is 214 Å². The maximum atomic E-state index is 14.1. The number of aryl methyl sites for hydroxylation is 1. The van der Waals surface area contributed by atoms with Crippen LogP contribution >= 0.6 is 0 Å². The smallest absolute Gasteiger partial charge is 0.453 e. The van der Waals surface area contributed by atoms with Crippen molar-refractivity contribution in [1.29, 1.82) is 0 Å². The van der Waals surface area contributed by atoms with E-state index in [2.05, 4.69) is 25.4 Å². The average Bonchev–Trinajstić information content (AvgIpc) is 3.51. The zero-order valence-corrected chi connectivity index (χ0v) is 20.2. The first-order valence-corrected chi connectivity index (χ1v) is 11.3. The van der Waals surface area contributed by atoms with E-state index in [0.29, 0.717) is 0 Å². The Kier molecular flexibility index (Phi) is 5.79. The number of fused-ring (bicyclic) bond motifs is 2. The van der Waals surface area contributed by atoms with Gasteiger partial charge < -0.3 is 20.5 Å². The number of carbonyl (C=O) groups excluding carboxylic acids is 2. The molecule has 4 heterocycles. The van der Waals surface area contributed by atoms with Gasteiger partial charge in [0.2, 0.25) is 0 Å². The van der Waals surface area contributed by atoms with Gasteiger partial charge in [-0.25, -0.2) is 24.0 Å². The van der Waals surface area contributed by atoms with E-state index in [1.807, 2.05) is 0 Å². The van der Waals surface area contributed by atoms with Gasteiger partial charge in [-0.1, -0.05) is 0 Å². The van der Waals surface area contributed by atoms with Crippen molar-refractivity contribution >= 4 is 34.5 Å². The van der Waals surface area contributed by atoms with Crippen molar-refractivity contribution in [2.45, 2.75) is 43.5 Å². The van der Waals surface area contributed by atoms with Gasteiger partial charge in [-0.05, 0) is 18.9 Å². The summed E-state index contributed by atoms with van der Waals surface area (Å²) in [5, 5.41) is 6.40. The molecule has 11 nitrogen and oxygen atoms in total. The lowest BCUT2D eigenvalue weighted by Crippen LogP contribution is -2.49. The molecule has 1 aliphatic carbocycles. The van der Waals surface area contributed by atoms with Gasteiger partial charge in [0.25, 0.3) is 5.91 Å². The SMILES string of the molecule is COC(=O)C1(C2(OC)C(=O)Nc3nc(-c4nn(CCC(F)(F)C(F)(F)F)c5ncc(F)cc45)nc(N)c32)CC1. The van der Waals surface area contributed by atoms with E-state index in [1.165, 1.54) is 7.11 Å². The summed E-state index contributed by atoms with van der Waals surface area (Å²) < 4.78 is 90.4. The molecule has 1 saturated carbocycles. The number of amides is 1. The highest BCUT2D eigenvalue weighted by Crippen LogP contribution is 2.64. The van der Waals surface area contributed by atoms with Gasteiger partial charge in [-0.3, -0.25) is 9.59 Å². The zero-order valence-electron chi connectivity index (χ0n) is 20.2. The number of halogens is 6. The number of nitrogens with zero attached hydrogens (tertiary/aromatic N) is 5. The van der Waals surface area contributed by atoms with Crippen molar-refractivity contribution in [3.05, 3.63) is 23.6 Å². The number of anilines is 2. The van der Waals surface area contributed by atoms with Gasteiger partial charge >= 0.3 is 18.1 Å². The van der Waals surface area contributed by atoms with Crippen LogP contribution in [-0.2, 0) is 31.2 Å². The summed E-state index contributed by atoms with van der Waals surface area (Å²) in [4.78, 5) is 38.0. The first-order chi connectivity index (χ1) is 18.2. The molecule has 5 rings (SSSR count). The molecule has 3 N–H and O–H groups in total. The summed E-state index contributed by atoms with van der Waals surface area (Å²) in [6.45, 7) is -0.937. The standard InChI is InChI=1S/C22H19F6N7O4/c1-38-18(37)19(3-4-19)21(39-2)11-13(29)31-15(32-14(11)33-17(21)36)12-10-7-9(23)8-30-16(10)35(34-12)6-5-20(24,25)22(26,27)28/h7-8H,3-6H2,1-2H3,(H3,29,31,32,33,36). The van der Waals surface area contributed by atoms with E-state index in [0.717, 1.165) is 24.1 Å². The Balaban J connectivity index is 1.62. The van der Waals surface area contributed by atoms with Crippen LogP contribution in [0.15, 0.2) is 12.3 Å². The fourth-order valence-electron chi connectivity index (χ4n) is 4.94. The molecule has 39 heavy (non-hydrogen) atoms. The number of alkyl halides is 5. The van der Waals surface area contributed by atoms with Crippen molar-refractivity contribution in [2.75, 3.05) is 25.3 Å². The number of ether oxygens (including phenoxy) is 2. The lowest BCUT2D eigenvalue weighted by atomic mass is 9.79. The first-order valence-electron chi connectivity index (χ1n) is 11.3. The van der Waals surface area contributed by atoms with Crippen LogP contribution in [-0.4, -0.2) is 62.9 Å². The Bertz CT molecular complexity index is 1520. The topological polar surface area (TPSA) is 147 Å². The van der Waals surface area contributed by atoms with Crippen molar-refractivity contribution in [3.63, 3.8) is 0 Å². The highest BCUT2D eigenvalue weighted by atomic mass is 19.4. The molecule has 208 valence electrons. The first kappa shape index (κ1) is 26.6. The van der Waals surface area contributed by atoms with E-state index in [1.54, 1.807) is 0 Å². The number of nitrogen functional groups attached to an aromatic ring is 1. The molecule has 3 aromatic rings. The van der Waals surface area contributed by atoms with Crippen molar-refractivity contribution in [3.8, 4) is 11.5 Å². The van der Waals surface area contributed by atoms with Gasteiger partial charge in [0, 0.05) is 20.1 Å². The summed E-state index contributed by atoms with van der Waals surface area (Å²) in [6.07, 6.45) is -6.24. The molecule has 0 spiro atoms. The normalized spacial score (nSPS) is 20.2. The van der Waals surface area contributed by atoms with Crippen LogP contribution in [0, 0.1) is 11.2 Å². The van der Waals surface area contributed by atoms with Crippen LogP contribution in [0.3, 0.4) is 0 Å². The number of aromatic nitrogens is 5. The summed E-state index contributed by atoms with van der Waals surface area (Å²) in [5.74, 6) is -8.15. The molecule has 1 fully saturated rings. The van der Waals surface area contributed by atoms with Crippen LogP contribution in [0.1, 0.15) is 24.8 Å². The average molecular weight is 559 g/mol. The molecule has 0 radical (unpaired) electrons. The predicted octanol–water partition coefficient (Wildman–Crippen LogP) is 2.94. The van der Waals surface area contributed by atoms with Crippen molar-refractivity contribution in [2.24, 2.45) is 5.41 Å². The maximum absolute atomic E-state index is 14.1. The third-order valence-corrected chi connectivity index (χ3v) is 6.96. The van der Waals surface area contributed by atoms with E-state index >= 15 is 0 Å². The van der Waals surface area contributed by atoms with Crippen LogP contribution in [0.5, 0.6) is 0 Å². The number of nitrogens with two attached hydrogens (primary N) is 1. The third kappa shape index (κ3) is 3.70. The molecular formula is C22H19F6N7O4. The number of hydrogen-bond donors (Lipinski definition) is 2. The van der Waals surface area contributed by atoms with E-state index in [-0.39, 0.29) is 52.6 Å². The Morgan fingerprint density at radius 3 is 2.49 bits per heavy atom. The number of nitrogens with one attached hydrogen (secondary N) is 1. The summed E-state index contributed by atoms with van der Waals surface area (Å²) in [5.41, 5.74) is 2.39. The van der Waals surface area contributed by atoms with Gasteiger partial charge in [-0.15, -0.1) is 0 Å². The number of hydrogen-bond acceptors (Lipinski definition) is 9. The highest BCUT2D eigenvalue weighted by molar-refractivity contribution is 6.10. The molecule has 2 aliphatic rings. The zero-order chi connectivity index (χ0) is 28.5. The number of carbonyl (C=O) groups is 2. The summed E-state index contributed by atoms with van der Waals surface area (Å²) >= 11 is 0. The second-order valence-electron chi connectivity index (χ2n) is 9.12. The molecule has 1 atom stereocenters. The van der Waals surface area contributed by atoms with Crippen molar-refractivity contribution in [1.82, 2.24) is 24.7 Å². The highest BCUT2D eigenvalue weighted by Gasteiger charge is 2.74. The number of rotatable bonds is 7. The minimum Gasteiger partial charge on any atom is -0.468 e. The second-order valence-corrected chi connectivity index (χ2v) is 9.12. The lowest BCUT2D eigenvalue weighted by Gasteiger charge is -2.33. The molecule has 1 aliphatic heterocycles. The number of esters is 1. The lowest BCUT2D eigenvalue weighted by molar-refractivity contribution is -0.285. The fourth-order valence-corrected chi connectivity index (χ4v) is 4.94. The summed E-state index contributed by atoms with van der Waals surface area (Å²) in [6, 6.07) is 0.921. The molecular weight excluding hydrogens is 540 g/mol. The van der Waals surface area contributed by atoms with Crippen molar-refractivity contribution < 1.29 is 45.4 Å². The van der Waals surface area contributed by atoms with Gasteiger partial charge in [-0.2, -0.15) is 27.1 Å².